The van der Waals surface area contributed by atoms with Crippen LogP contribution in [0.3, 0.4) is 0 Å². The Morgan fingerprint density at radius 3 is 1.92 bits per heavy atom. The van der Waals surface area contributed by atoms with Crippen molar-refractivity contribution in [3.05, 3.63) is 0 Å². The van der Waals surface area contributed by atoms with Crippen LogP contribution in [0.4, 0.5) is 4.39 Å². The van der Waals surface area contributed by atoms with Crippen molar-refractivity contribution in [2.75, 3.05) is 6.54 Å². The molecule has 0 fully saturated rings. The van der Waals surface area contributed by atoms with E-state index in [0.717, 1.165) is 6.42 Å². The Kier molecular flexibility index (Phi) is 4.37. The quantitative estimate of drug-likeness (QED) is 0.722. The van der Waals surface area contributed by atoms with Gasteiger partial charge in [-0.2, -0.15) is 0 Å². The Bertz CT molecular complexity index is 149. The van der Waals surface area contributed by atoms with Gasteiger partial charge in [-0.1, -0.05) is 34.6 Å². The molecular weight excluding hydrogens is 165 g/mol. The van der Waals surface area contributed by atoms with Gasteiger partial charge in [0.25, 0.3) is 0 Å². The summed E-state index contributed by atoms with van der Waals surface area (Å²) in [6.07, 6.45) is 1.48. The van der Waals surface area contributed by atoms with Crippen molar-refractivity contribution in [3.63, 3.8) is 0 Å². The molecule has 0 amide bonds. The molecule has 1 nitrogen and oxygen atoms in total. The van der Waals surface area contributed by atoms with Crippen LogP contribution in [0.1, 0.15) is 47.5 Å². The first-order valence-electron chi connectivity index (χ1n) is 5.12. The monoisotopic (exact) mass is 189 g/mol. The van der Waals surface area contributed by atoms with Gasteiger partial charge in [0, 0.05) is 6.54 Å². The summed E-state index contributed by atoms with van der Waals surface area (Å²) in [4.78, 5) is 0. The van der Waals surface area contributed by atoms with Gasteiger partial charge in [-0.15, -0.1) is 0 Å². The van der Waals surface area contributed by atoms with Crippen LogP contribution in [0.25, 0.3) is 0 Å². The second kappa shape index (κ2) is 4.41. The molecule has 2 heteroatoms. The van der Waals surface area contributed by atoms with E-state index >= 15 is 0 Å². The summed E-state index contributed by atoms with van der Waals surface area (Å²) in [5, 5.41) is 0. The van der Waals surface area contributed by atoms with E-state index in [2.05, 4.69) is 13.8 Å². The smallest absolute Gasteiger partial charge is 0.128 e. The molecular formula is C11H24FN. The normalized spacial score (nSPS) is 17.5. The first-order chi connectivity index (χ1) is 5.73. The van der Waals surface area contributed by atoms with Crippen LogP contribution in [-0.4, -0.2) is 12.2 Å². The summed E-state index contributed by atoms with van der Waals surface area (Å²) in [6.45, 7) is 10.1. The summed E-state index contributed by atoms with van der Waals surface area (Å²) >= 11 is 0. The van der Waals surface area contributed by atoms with Gasteiger partial charge in [0.2, 0.25) is 0 Å². The van der Waals surface area contributed by atoms with Crippen LogP contribution in [0.5, 0.6) is 0 Å². The fourth-order valence-electron chi connectivity index (χ4n) is 1.30. The van der Waals surface area contributed by atoms with Crippen molar-refractivity contribution in [3.8, 4) is 0 Å². The number of hydrogen-bond donors (Lipinski definition) is 1. The summed E-state index contributed by atoms with van der Waals surface area (Å²) < 4.78 is 14.3. The van der Waals surface area contributed by atoms with Gasteiger partial charge < -0.3 is 5.73 Å². The third kappa shape index (κ3) is 3.63. The lowest BCUT2D eigenvalue weighted by atomic mass is 9.74. The minimum Gasteiger partial charge on any atom is -0.328 e. The van der Waals surface area contributed by atoms with E-state index in [1.54, 1.807) is 0 Å². The van der Waals surface area contributed by atoms with Crippen LogP contribution >= 0.6 is 0 Å². The lowest BCUT2D eigenvalue weighted by molar-refractivity contribution is 0.0243. The maximum Gasteiger partial charge on any atom is 0.128 e. The molecule has 80 valence electrons. The van der Waals surface area contributed by atoms with Gasteiger partial charge in [0.15, 0.2) is 0 Å². The summed E-state index contributed by atoms with van der Waals surface area (Å²) in [7, 11) is 0. The molecule has 13 heavy (non-hydrogen) atoms. The molecule has 0 rings (SSSR count). The highest BCUT2D eigenvalue weighted by atomic mass is 19.1. The Labute approximate surface area is 81.9 Å². The van der Waals surface area contributed by atoms with Gasteiger partial charge in [-0.05, 0) is 24.2 Å². The average molecular weight is 189 g/mol. The molecule has 2 N–H and O–H groups in total. The van der Waals surface area contributed by atoms with Crippen molar-refractivity contribution < 1.29 is 4.39 Å². The van der Waals surface area contributed by atoms with E-state index in [1.165, 1.54) is 0 Å². The van der Waals surface area contributed by atoms with Gasteiger partial charge in [0.1, 0.15) is 5.67 Å². The van der Waals surface area contributed by atoms with Gasteiger partial charge >= 0.3 is 0 Å². The SMILES string of the molecule is CC(C)CCC(F)(CN)C(C)(C)C. The molecule has 0 aromatic heterocycles. The minimum atomic E-state index is -1.21. The predicted octanol–water partition coefficient (Wildman–Crippen LogP) is 3.14. The molecule has 0 spiro atoms. The van der Waals surface area contributed by atoms with Crippen LogP contribution in [-0.2, 0) is 0 Å². The summed E-state index contributed by atoms with van der Waals surface area (Å²) in [6, 6.07) is 0. The van der Waals surface area contributed by atoms with Gasteiger partial charge in [-0.25, -0.2) is 4.39 Å². The molecule has 0 bridgehead atoms. The second-order valence-electron chi connectivity index (χ2n) is 5.35. The highest BCUT2D eigenvalue weighted by Crippen LogP contribution is 2.37. The van der Waals surface area contributed by atoms with Crippen LogP contribution in [0.2, 0.25) is 0 Å². The van der Waals surface area contributed by atoms with Crippen LogP contribution in [0.15, 0.2) is 0 Å². The van der Waals surface area contributed by atoms with E-state index in [9.17, 15) is 4.39 Å². The Balaban J connectivity index is 4.29. The average Bonchev–Trinajstić information content (AvgIpc) is 1.98. The minimum absolute atomic E-state index is 0.128. The van der Waals surface area contributed by atoms with Crippen LogP contribution < -0.4 is 5.73 Å². The van der Waals surface area contributed by atoms with E-state index in [1.807, 2.05) is 20.8 Å². The largest absolute Gasteiger partial charge is 0.328 e. The van der Waals surface area contributed by atoms with E-state index in [-0.39, 0.29) is 12.0 Å². The molecule has 0 aliphatic heterocycles. The van der Waals surface area contributed by atoms with Gasteiger partial charge in [0.05, 0.1) is 0 Å². The summed E-state index contributed by atoms with van der Waals surface area (Å²) in [5.74, 6) is 0.545. The highest BCUT2D eigenvalue weighted by Gasteiger charge is 2.40. The van der Waals surface area contributed by atoms with Crippen molar-refractivity contribution in [1.82, 2.24) is 0 Å². The molecule has 0 saturated carbocycles. The standard InChI is InChI=1S/C11H24FN/c1-9(2)6-7-11(12,8-13)10(3,4)5/h9H,6-8,13H2,1-5H3. The number of hydrogen-bond acceptors (Lipinski definition) is 1. The lowest BCUT2D eigenvalue weighted by Crippen LogP contribution is -2.45. The topological polar surface area (TPSA) is 26.0 Å². The molecule has 0 heterocycles. The number of halogens is 1. The predicted molar refractivity (Wildman–Crippen MR) is 56.4 cm³/mol. The molecule has 1 atom stereocenters. The Morgan fingerprint density at radius 1 is 1.23 bits per heavy atom. The molecule has 0 saturated heterocycles. The number of rotatable bonds is 4. The van der Waals surface area contributed by atoms with E-state index in [4.69, 9.17) is 5.73 Å². The van der Waals surface area contributed by atoms with Crippen molar-refractivity contribution in [2.45, 2.75) is 53.1 Å². The first-order valence-corrected chi connectivity index (χ1v) is 5.12. The van der Waals surface area contributed by atoms with Crippen molar-refractivity contribution in [2.24, 2.45) is 17.1 Å². The second-order valence-corrected chi connectivity index (χ2v) is 5.35. The first kappa shape index (κ1) is 12.9. The molecule has 1 unspecified atom stereocenters. The third-order valence-corrected chi connectivity index (χ3v) is 2.79. The number of nitrogens with two attached hydrogens (primary N) is 1. The molecule has 0 aliphatic carbocycles. The zero-order valence-corrected chi connectivity index (χ0v) is 9.65. The zero-order valence-electron chi connectivity index (χ0n) is 9.65. The highest BCUT2D eigenvalue weighted by molar-refractivity contribution is 4.92. The lowest BCUT2D eigenvalue weighted by Gasteiger charge is -2.37. The Hall–Kier alpha value is -0.110. The van der Waals surface area contributed by atoms with Crippen molar-refractivity contribution in [1.29, 1.82) is 0 Å². The number of alkyl halides is 1. The Morgan fingerprint density at radius 2 is 1.69 bits per heavy atom. The summed E-state index contributed by atoms with van der Waals surface area (Å²) in [5.41, 5.74) is 3.94. The molecule has 0 aliphatic rings. The fourth-order valence-corrected chi connectivity index (χ4v) is 1.30. The maximum absolute atomic E-state index is 14.3. The fraction of sp³-hybridized carbons (Fsp3) is 1.00. The van der Waals surface area contributed by atoms with Crippen LogP contribution in [0, 0.1) is 11.3 Å². The molecule has 0 aromatic rings. The third-order valence-electron chi connectivity index (χ3n) is 2.79. The zero-order chi connectivity index (χ0) is 10.7. The molecule has 0 radical (unpaired) electrons. The van der Waals surface area contributed by atoms with E-state index < -0.39 is 5.67 Å². The molecule has 0 aromatic carbocycles. The maximum atomic E-state index is 14.3. The van der Waals surface area contributed by atoms with Gasteiger partial charge in [-0.3, -0.25) is 0 Å². The van der Waals surface area contributed by atoms with Crippen molar-refractivity contribution >= 4 is 0 Å². The van der Waals surface area contributed by atoms with E-state index in [0.29, 0.717) is 12.3 Å².